The number of aliphatic hydroxyl groups excluding tert-OH is 1. The fourth-order valence-electron chi connectivity index (χ4n) is 2.67. The summed E-state index contributed by atoms with van der Waals surface area (Å²) in [6.07, 6.45) is 18.8. The maximum absolute atomic E-state index is 11.4. The number of ketones is 1. The summed E-state index contributed by atoms with van der Waals surface area (Å²) in [4.78, 5) is 22.0. The van der Waals surface area contributed by atoms with Crippen LogP contribution in [0.2, 0.25) is 0 Å². The van der Waals surface area contributed by atoms with Crippen molar-refractivity contribution in [3.63, 3.8) is 0 Å². The van der Waals surface area contributed by atoms with Crippen molar-refractivity contribution in [2.24, 2.45) is 5.73 Å². The van der Waals surface area contributed by atoms with Crippen molar-refractivity contribution in [1.82, 2.24) is 0 Å². The largest absolute Gasteiger partial charge is 0.376 e. The quantitative estimate of drug-likeness (QED) is 0.233. The van der Waals surface area contributed by atoms with Gasteiger partial charge in [-0.3, -0.25) is 9.59 Å². The molecule has 0 aliphatic heterocycles. The molecule has 0 heterocycles. The Morgan fingerprint density at radius 3 is 1.79 bits per heavy atom. The summed E-state index contributed by atoms with van der Waals surface area (Å²) in [5.41, 5.74) is 4.88. The van der Waals surface area contributed by atoms with Gasteiger partial charge in [-0.25, -0.2) is 0 Å². The van der Waals surface area contributed by atoms with Gasteiger partial charge in [0.25, 0.3) is 5.91 Å². The molecule has 0 spiro atoms. The molecule has 1 amide bonds. The lowest BCUT2D eigenvalue weighted by atomic mass is 10.0. The Bertz CT molecular complexity index is 353. The van der Waals surface area contributed by atoms with Gasteiger partial charge in [-0.05, 0) is 32.1 Å². The third kappa shape index (κ3) is 14.4. The summed E-state index contributed by atoms with van der Waals surface area (Å²) >= 11 is 0. The molecule has 140 valence electrons. The molecule has 4 heteroatoms. The first kappa shape index (κ1) is 22.8. The van der Waals surface area contributed by atoms with Crippen LogP contribution in [-0.2, 0) is 9.59 Å². The predicted octanol–water partition coefficient (Wildman–Crippen LogP) is 4.44. The Balaban J connectivity index is 3.29. The molecule has 0 radical (unpaired) electrons. The number of primary amides is 1. The topological polar surface area (TPSA) is 80.4 Å². The normalized spacial score (nSPS) is 12.6. The molecule has 1 unspecified atom stereocenters. The smallest absolute Gasteiger partial charge is 0.254 e. The molecule has 0 aliphatic rings. The second-order valence-corrected chi connectivity index (χ2v) is 6.61. The maximum Gasteiger partial charge on any atom is 0.254 e. The molecule has 0 rings (SSSR count). The lowest BCUT2D eigenvalue weighted by Gasteiger charge is -2.05. The first-order valence-electron chi connectivity index (χ1n) is 9.74. The van der Waals surface area contributed by atoms with Crippen molar-refractivity contribution in [3.8, 4) is 0 Å². The number of Topliss-reactive ketones (excluding diaryl/α,β-unsaturated/α-hetero) is 1. The van der Waals surface area contributed by atoms with Crippen LogP contribution in [0.4, 0.5) is 0 Å². The fraction of sp³-hybridized carbons (Fsp3) is 0.800. The first-order chi connectivity index (χ1) is 11.6. The van der Waals surface area contributed by atoms with Gasteiger partial charge in [-0.2, -0.15) is 0 Å². The summed E-state index contributed by atoms with van der Waals surface area (Å²) in [7, 11) is 0. The highest BCUT2D eigenvalue weighted by Crippen LogP contribution is 2.10. The summed E-state index contributed by atoms with van der Waals surface area (Å²) in [5, 5.41) is 9.18. The van der Waals surface area contributed by atoms with Crippen LogP contribution in [0.3, 0.4) is 0 Å². The van der Waals surface area contributed by atoms with Gasteiger partial charge in [0.2, 0.25) is 0 Å². The van der Waals surface area contributed by atoms with Crippen LogP contribution in [0.25, 0.3) is 0 Å². The van der Waals surface area contributed by atoms with Gasteiger partial charge in [0.1, 0.15) is 0 Å². The number of allylic oxidation sites excluding steroid dienone is 2. The highest BCUT2D eigenvalue weighted by molar-refractivity contribution is 6.03. The number of aliphatic hydroxyl groups is 1. The van der Waals surface area contributed by atoms with Crippen molar-refractivity contribution in [1.29, 1.82) is 0 Å². The Hall–Kier alpha value is -1.16. The van der Waals surface area contributed by atoms with E-state index in [1.54, 1.807) is 0 Å². The molecule has 0 aromatic rings. The number of hydrogen-bond acceptors (Lipinski definition) is 3. The van der Waals surface area contributed by atoms with Gasteiger partial charge in [-0.15, -0.1) is 0 Å². The monoisotopic (exact) mass is 339 g/mol. The van der Waals surface area contributed by atoms with Gasteiger partial charge >= 0.3 is 0 Å². The van der Waals surface area contributed by atoms with E-state index < -0.39 is 17.8 Å². The molecule has 0 saturated heterocycles. The summed E-state index contributed by atoms with van der Waals surface area (Å²) in [6, 6.07) is 0. The van der Waals surface area contributed by atoms with E-state index in [2.05, 4.69) is 19.1 Å². The number of carbonyl (C=O) groups is 2. The molecular formula is C20H37NO3. The highest BCUT2D eigenvalue weighted by atomic mass is 16.3. The standard InChI is InChI=1S/C20H37NO3/c1-2-3-4-5-6-7-8-9-10-11-12-13-14-15-16-17-18(22)19(23)20(21)24/h9-10,19,23H,2-8,11-17H2,1H3,(H2,21,24). The number of rotatable bonds is 17. The second-order valence-electron chi connectivity index (χ2n) is 6.61. The summed E-state index contributed by atoms with van der Waals surface area (Å²) in [5.74, 6) is -1.41. The van der Waals surface area contributed by atoms with E-state index in [0.717, 1.165) is 32.1 Å². The third-order valence-corrected chi connectivity index (χ3v) is 4.26. The predicted molar refractivity (Wildman–Crippen MR) is 99.7 cm³/mol. The zero-order chi connectivity index (χ0) is 18.0. The zero-order valence-electron chi connectivity index (χ0n) is 15.5. The second kappa shape index (κ2) is 16.7. The van der Waals surface area contributed by atoms with E-state index in [-0.39, 0.29) is 6.42 Å². The van der Waals surface area contributed by atoms with Crippen LogP contribution in [0, 0.1) is 0 Å². The minimum atomic E-state index is -1.62. The van der Waals surface area contributed by atoms with Crippen LogP contribution in [0.1, 0.15) is 96.8 Å². The van der Waals surface area contributed by atoms with E-state index in [4.69, 9.17) is 5.73 Å². The van der Waals surface area contributed by atoms with Crippen molar-refractivity contribution >= 4 is 11.7 Å². The third-order valence-electron chi connectivity index (χ3n) is 4.26. The van der Waals surface area contributed by atoms with Gasteiger partial charge in [0.05, 0.1) is 0 Å². The Labute approximate surface area is 147 Å². The molecule has 4 nitrogen and oxygen atoms in total. The number of unbranched alkanes of at least 4 members (excludes halogenated alkanes) is 11. The van der Waals surface area contributed by atoms with Crippen LogP contribution < -0.4 is 5.73 Å². The minimum absolute atomic E-state index is 0.238. The average molecular weight is 340 g/mol. The number of amides is 1. The average Bonchev–Trinajstić information content (AvgIpc) is 2.57. The number of carbonyl (C=O) groups excluding carboxylic acids is 2. The maximum atomic E-state index is 11.4. The summed E-state index contributed by atoms with van der Waals surface area (Å²) in [6.45, 7) is 2.25. The lowest BCUT2D eigenvalue weighted by molar-refractivity contribution is -0.137. The van der Waals surface area contributed by atoms with Crippen molar-refractivity contribution in [2.45, 2.75) is 103 Å². The molecule has 0 fully saturated rings. The molecule has 0 aromatic carbocycles. The minimum Gasteiger partial charge on any atom is -0.376 e. The van der Waals surface area contributed by atoms with Gasteiger partial charge < -0.3 is 10.8 Å². The van der Waals surface area contributed by atoms with Gasteiger partial charge in [-0.1, -0.05) is 70.4 Å². The van der Waals surface area contributed by atoms with E-state index >= 15 is 0 Å². The Kier molecular flexibility index (Phi) is 15.9. The SMILES string of the molecule is CCCCCCCCC=CCCCCCCCC(=O)C(O)C(N)=O. The lowest BCUT2D eigenvalue weighted by Crippen LogP contribution is -2.35. The first-order valence-corrected chi connectivity index (χ1v) is 9.74. The molecule has 0 aliphatic carbocycles. The van der Waals surface area contributed by atoms with Crippen LogP contribution >= 0.6 is 0 Å². The van der Waals surface area contributed by atoms with E-state index in [1.165, 1.54) is 51.4 Å². The molecule has 24 heavy (non-hydrogen) atoms. The molecule has 1 atom stereocenters. The van der Waals surface area contributed by atoms with Crippen molar-refractivity contribution in [3.05, 3.63) is 12.2 Å². The molecule has 3 N–H and O–H groups in total. The van der Waals surface area contributed by atoms with E-state index in [1.807, 2.05) is 0 Å². The highest BCUT2D eigenvalue weighted by Gasteiger charge is 2.19. The van der Waals surface area contributed by atoms with Crippen molar-refractivity contribution < 1.29 is 14.7 Å². The molecule has 0 saturated carbocycles. The van der Waals surface area contributed by atoms with Gasteiger partial charge in [0, 0.05) is 6.42 Å². The zero-order valence-corrected chi connectivity index (χ0v) is 15.5. The van der Waals surface area contributed by atoms with Crippen LogP contribution in [0.5, 0.6) is 0 Å². The molecule has 0 bridgehead atoms. The number of nitrogens with two attached hydrogens (primary N) is 1. The van der Waals surface area contributed by atoms with Crippen LogP contribution in [0.15, 0.2) is 12.2 Å². The number of hydrogen-bond donors (Lipinski definition) is 2. The Morgan fingerprint density at radius 2 is 1.29 bits per heavy atom. The van der Waals surface area contributed by atoms with E-state index in [9.17, 15) is 14.7 Å². The van der Waals surface area contributed by atoms with Crippen LogP contribution in [-0.4, -0.2) is 22.9 Å². The van der Waals surface area contributed by atoms with Crippen molar-refractivity contribution in [2.75, 3.05) is 0 Å². The van der Waals surface area contributed by atoms with E-state index in [0.29, 0.717) is 0 Å². The summed E-state index contributed by atoms with van der Waals surface area (Å²) < 4.78 is 0. The molecule has 0 aromatic heterocycles. The van der Waals surface area contributed by atoms with Gasteiger partial charge in [0.15, 0.2) is 11.9 Å². The fourth-order valence-corrected chi connectivity index (χ4v) is 2.67. The molecular weight excluding hydrogens is 302 g/mol. The Morgan fingerprint density at radius 1 is 0.833 bits per heavy atom.